The summed E-state index contributed by atoms with van der Waals surface area (Å²) in [5.74, 6) is 0. The number of nitrogens with two attached hydrogens (primary N) is 1. The Kier molecular flexibility index (Phi) is 4.36. The van der Waals surface area contributed by atoms with E-state index in [4.69, 9.17) is 5.73 Å². The van der Waals surface area contributed by atoms with Crippen LogP contribution in [0, 0.1) is 6.92 Å². The molecule has 1 aromatic carbocycles. The Hall–Kier alpha value is -1.12. The third-order valence-corrected chi connectivity index (χ3v) is 5.73. The van der Waals surface area contributed by atoms with E-state index in [-0.39, 0.29) is 6.54 Å². The maximum Gasteiger partial charge on any atom is 0.247 e. The minimum Gasteiger partial charge on any atom is -0.326 e. The average molecular weight is 292 g/mol. The van der Waals surface area contributed by atoms with E-state index in [0.717, 1.165) is 11.8 Å². The van der Waals surface area contributed by atoms with Crippen LogP contribution in [0.15, 0.2) is 18.2 Å². The summed E-state index contributed by atoms with van der Waals surface area (Å²) in [4.78, 5) is 0. The minimum absolute atomic E-state index is 0.170. The van der Waals surface area contributed by atoms with Gasteiger partial charge >= 0.3 is 0 Å². The molecule has 0 heterocycles. The number of nitrogens with one attached hydrogen (secondary N) is 1. The summed E-state index contributed by atoms with van der Waals surface area (Å²) in [6.07, 6.45) is 0.867. The van der Waals surface area contributed by atoms with Crippen molar-refractivity contribution in [3.05, 3.63) is 29.3 Å². The molecule has 1 aromatic rings. The SMILES string of the molecule is Cc1cccc(NS(=O)(=O)CS(C)(=O)=O)c1CN. The third kappa shape index (κ3) is 4.28. The Bertz CT molecular complexity index is 636. The molecule has 0 amide bonds. The van der Waals surface area contributed by atoms with Crippen LogP contribution in [0.4, 0.5) is 5.69 Å². The predicted molar refractivity (Wildman–Crippen MR) is 71.3 cm³/mol. The lowest BCUT2D eigenvalue weighted by molar-refractivity contribution is 0.595. The summed E-state index contributed by atoms with van der Waals surface area (Å²) in [5.41, 5.74) is 7.36. The molecule has 6 nitrogen and oxygen atoms in total. The molecule has 0 unspecified atom stereocenters. The lowest BCUT2D eigenvalue weighted by Gasteiger charge is -2.13. The van der Waals surface area contributed by atoms with Crippen LogP contribution in [0.25, 0.3) is 0 Å². The van der Waals surface area contributed by atoms with Crippen molar-refractivity contribution in [3.63, 3.8) is 0 Å². The lowest BCUT2D eigenvalue weighted by atomic mass is 10.1. The third-order valence-electron chi connectivity index (χ3n) is 2.25. The van der Waals surface area contributed by atoms with Gasteiger partial charge in [-0.2, -0.15) is 0 Å². The number of rotatable bonds is 5. The fourth-order valence-corrected chi connectivity index (χ4v) is 4.56. The van der Waals surface area contributed by atoms with Crippen molar-refractivity contribution in [1.82, 2.24) is 0 Å². The molecule has 0 aromatic heterocycles. The molecule has 0 spiro atoms. The van der Waals surface area contributed by atoms with Gasteiger partial charge in [0.15, 0.2) is 14.9 Å². The van der Waals surface area contributed by atoms with E-state index in [1.807, 2.05) is 0 Å². The highest BCUT2D eigenvalue weighted by molar-refractivity contribution is 8.08. The van der Waals surface area contributed by atoms with E-state index < -0.39 is 24.9 Å². The maximum atomic E-state index is 11.7. The molecule has 0 aliphatic heterocycles. The highest BCUT2D eigenvalue weighted by atomic mass is 32.3. The van der Waals surface area contributed by atoms with Crippen LogP contribution in [-0.4, -0.2) is 28.2 Å². The van der Waals surface area contributed by atoms with Gasteiger partial charge in [-0.3, -0.25) is 4.72 Å². The number of sulfone groups is 1. The van der Waals surface area contributed by atoms with Crippen molar-refractivity contribution < 1.29 is 16.8 Å². The minimum atomic E-state index is -3.94. The predicted octanol–water partition coefficient (Wildman–Crippen LogP) is 0.198. The second kappa shape index (κ2) is 5.25. The van der Waals surface area contributed by atoms with Crippen molar-refractivity contribution >= 4 is 25.5 Å². The number of hydrogen-bond acceptors (Lipinski definition) is 5. The largest absolute Gasteiger partial charge is 0.326 e. The Morgan fingerprint density at radius 3 is 2.33 bits per heavy atom. The number of sulfonamides is 1. The fraction of sp³-hybridized carbons (Fsp3) is 0.400. The average Bonchev–Trinajstić information content (AvgIpc) is 2.13. The Morgan fingerprint density at radius 1 is 1.22 bits per heavy atom. The normalized spacial score (nSPS) is 12.4. The zero-order chi connectivity index (χ0) is 14.0. The number of benzene rings is 1. The molecule has 0 fully saturated rings. The van der Waals surface area contributed by atoms with Crippen molar-refractivity contribution in [1.29, 1.82) is 0 Å². The fourth-order valence-electron chi connectivity index (χ4n) is 1.55. The monoisotopic (exact) mass is 292 g/mol. The highest BCUT2D eigenvalue weighted by Gasteiger charge is 2.19. The first-order chi connectivity index (χ1) is 8.14. The van der Waals surface area contributed by atoms with E-state index in [1.165, 1.54) is 0 Å². The molecule has 3 N–H and O–H groups in total. The molecule has 0 bridgehead atoms. The second-order valence-corrected chi connectivity index (χ2v) is 8.29. The molecule has 8 heteroatoms. The first-order valence-corrected chi connectivity index (χ1v) is 8.82. The van der Waals surface area contributed by atoms with Gasteiger partial charge in [0.05, 0.1) is 5.69 Å². The summed E-state index contributed by atoms with van der Waals surface area (Å²) in [6, 6.07) is 5.03. The first kappa shape index (κ1) is 14.9. The molecule has 0 aliphatic rings. The quantitative estimate of drug-likeness (QED) is 0.806. The van der Waals surface area contributed by atoms with Crippen molar-refractivity contribution in [3.8, 4) is 0 Å². The molecule has 0 saturated heterocycles. The van der Waals surface area contributed by atoms with E-state index in [0.29, 0.717) is 11.3 Å². The van der Waals surface area contributed by atoms with Crippen LogP contribution >= 0.6 is 0 Å². The summed E-state index contributed by atoms with van der Waals surface area (Å²) in [7, 11) is -7.55. The Morgan fingerprint density at radius 2 is 1.83 bits per heavy atom. The first-order valence-electron chi connectivity index (χ1n) is 5.11. The van der Waals surface area contributed by atoms with E-state index in [1.54, 1.807) is 25.1 Å². The van der Waals surface area contributed by atoms with Gasteiger partial charge < -0.3 is 5.73 Å². The summed E-state index contributed by atoms with van der Waals surface area (Å²) in [6.45, 7) is 1.97. The molecule has 0 radical (unpaired) electrons. The molecule has 0 atom stereocenters. The molecule has 102 valence electrons. The highest BCUT2D eigenvalue weighted by Crippen LogP contribution is 2.20. The van der Waals surface area contributed by atoms with Gasteiger partial charge in [-0.15, -0.1) is 0 Å². The van der Waals surface area contributed by atoms with Crippen LogP contribution in [0.3, 0.4) is 0 Å². The summed E-state index contributed by atoms with van der Waals surface area (Å²) in [5, 5.41) is -0.946. The van der Waals surface area contributed by atoms with Gasteiger partial charge in [0, 0.05) is 12.8 Å². The summed E-state index contributed by atoms with van der Waals surface area (Å²) < 4.78 is 47.6. The zero-order valence-corrected chi connectivity index (χ0v) is 11.8. The zero-order valence-electron chi connectivity index (χ0n) is 10.2. The van der Waals surface area contributed by atoms with Gasteiger partial charge in [0.25, 0.3) is 0 Å². The molecular weight excluding hydrogens is 276 g/mol. The smallest absolute Gasteiger partial charge is 0.247 e. The van der Waals surface area contributed by atoms with Crippen LogP contribution in [0.5, 0.6) is 0 Å². The van der Waals surface area contributed by atoms with E-state index in [2.05, 4.69) is 4.72 Å². The Balaban J connectivity index is 3.09. The molecular formula is C10H16N2O4S2. The topological polar surface area (TPSA) is 106 Å². The second-order valence-electron chi connectivity index (χ2n) is 4.07. The van der Waals surface area contributed by atoms with Crippen LogP contribution < -0.4 is 10.5 Å². The maximum absolute atomic E-state index is 11.7. The van der Waals surface area contributed by atoms with Gasteiger partial charge in [0.2, 0.25) is 10.0 Å². The van der Waals surface area contributed by atoms with E-state index in [9.17, 15) is 16.8 Å². The van der Waals surface area contributed by atoms with Crippen LogP contribution in [-0.2, 0) is 26.4 Å². The molecule has 0 aliphatic carbocycles. The number of anilines is 1. The molecule has 18 heavy (non-hydrogen) atoms. The van der Waals surface area contributed by atoms with Gasteiger partial charge in [-0.1, -0.05) is 12.1 Å². The Labute approximate surface area is 107 Å². The summed E-state index contributed by atoms with van der Waals surface area (Å²) >= 11 is 0. The standard InChI is InChI=1S/C10H16N2O4S2/c1-8-4-3-5-10(9(8)6-11)12-18(15,16)7-17(2,13)14/h3-5,12H,6-7,11H2,1-2H3. The van der Waals surface area contributed by atoms with Crippen molar-refractivity contribution in [2.75, 3.05) is 16.1 Å². The van der Waals surface area contributed by atoms with Crippen molar-refractivity contribution in [2.24, 2.45) is 5.73 Å². The molecule has 1 rings (SSSR count). The van der Waals surface area contributed by atoms with E-state index >= 15 is 0 Å². The van der Waals surface area contributed by atoms with Gasteiger partial charge in [-0.25, -0.2) is 16.8 Å². The number of aryl methyl sites for hydroxylation is 1. The number of hydrogen-bond donors (Lipinski definition) is 2. The van der Waals surface area contributed by atoms with Crippen LogP contribution in [0.2, 0.25) is 0 Å². The van der Waals surface area contributed by atoms with Gasteiger partial charge in [-0.05, 0) is 24.1 Å². The lowest BCUT2D eigenvalue weighted by Crippen LogP contribution is -2.23. The van der Waals surface area contributed by atoms with Crippen LogP contribution in [0.1, 0.15) is 11.1 Å². The molecule has 0 saturated carbocycles. The van der Waals surface area contributed by atoms with Gasteiger partial charge in [0.1, 0.15) is 0 Å². The van der Waals surface area contributed by atoms with Crippen molar-refractivity contribution in [2.45, 2.75) is 13.5 Å².